The molecule has 1 amide bonds. The zero-order valence-corrected chi connectivity index (χ0v) is 20.9. The van der Waals surface area contributed by atoms with E-state index in [1.807, 2.05) is 73.1 Å². The molecule has 8 heteroatoms. The predicted octanol–water partition coefficient (Wildman–Crippen LogP) is 4.83. The first-order chi connectivity index (χ1) is 17.7. The minimum Gasteiger partial charge on any atom is -0.352 e. The normalized spacial score (nSPS) is 17.1. The second-order valence-corrected chi connectivity index (χ2v) is 9.03. The molecule has 182 valence electrons. The molecule has 1 aliphatic rings. The summed E-state index contributed by atoms with van der Waals surface area (Å²) in [5, 5.41) is 7.15. The largest absolute Gasteiger partial charge is 0.352 e. The number of benzene rings is 1. The summed E-state index contributed by atoms with van der Waals surface area (Å²) in [5.41, 5.74) is 4.88. The molecule has 36 heavy (non-hydrogen) atoms. The van der Waals surface area contributed by atoms with E-state index >= 15 is 0 Å². The van der Waals surface area contributed by atoms with Crippen molar-refractivity contribution in [2.75, 3.05) is 11.9 Å². The Morgan fingerprint density at radius 2 is 1.92 bits per heavy atom. The quantitative estimate of drug-likeness (QED) is 0.340. The van der Waals surface area contributed by atoms with Crippen LogP contribution in [0, 0.1) is 0 Å². The van der Waals surface area contributed by atoms with Gasteiger partial charge >= 0.3 is 0 Å². The molecule has 7 nitrogen and oxygen atoms in total. The van der Waals surface area contributed by atoms with Crippen LogP contribution >= 0.6 is 12.2 Å². The Morgan fingerprint density at radius 3 is 2.69 bits per heavy atom. The molecule has 1 saturated heterocycles. The number of para-hydroxylation sites is 1. The average Bonchev–Trinajstić information content (AvgIpc) is 3.53. The molecule has 2 N–H and O–H groups in total. The fourth-order valence-corrected chi connectivity index (χ4v) is 5.05. The number of amides is 1. The highest BCUT2D eigenvalue weighted by atomic mass is 32.1. The van der Waals surface area contributed by atoms with E-state index in [0.717, 1.165) is 34.7 Å². The van der Waals surface area contributed by atoms with Gasteiger partial charge in [-0.15, -0.1) is 0 Å². The van der Waals surface area contributed by atoms with Crippen molar-refractivity contribution in [2.24, 2.45) is 0 Å². The number of thiocarbonyl (C=S) groups is 1. The molecule has 5 rings (SSSR count). The first kappa shape index (κ1) is 23.7. The number of carbonyl (C=O) groups is 1. The molecule has 0 unspecified atom stereocenters. The van der Waals surface area contributed by atoms with E-state index in [4.69, 9.17) is 12.2 Å². The molecule has 0 spiro atoms. The van der Waals surface area contributed by atoms with Gasteiger partial charge in [0, 0.05) is 42.9 Å². The lowest BCUT2D eigenvalue weighted by molar-refractivity contribution is -0.116. The van der Waals surface area contributed by atoms with Gasteiger partial charge in [0.1, 0.15) is 0 Å². The molecule has 2 atom stereocenters. The Labute approximate surface area is 216 Å². The van der Waals surface area contributed by atoms with Crippen LogP contribution in [-0.4, -0.2) is 37.0 Å². The van der Waals surface area contributed by atoms with Crippen LogP contribution in [0.3, 0.4) is 0 Å². The van der Waals surface area contributed by atoms with Gasteiger partial charge in [-0.05, 0) is 66.7 Å². The van der Waals surface area contributed by atoms with Gasteiger partial charge in [0.15, 0.2) is 5.11 Å². The molecular weight excluding hydrogens is 468 g/mol. The monoisotopic (exact) mass is 496 g/mol. The zero-order chi connectivity index (χ0) is 24.9. The molecule has 4 heterocycles. The van der Waals surface area contributed by atoms with Gasteiger partial charge < -0.3 is 20.1 Å². The fourth-order valence-electron chi connectivity index (χ4n) is 4.72. The van der Waals surface area contributed by atoms with E-state index in [-0.39, 0.29) is 18.0 Å². The Morgan fingerprint density at radius 1 is 1.06 bits per heavy atom. The van der Waals surface area contributed by atoms with Gasteiger partial charge in [-0.2, -0.15) is 0 Å². The van der Waals surface area contributed by atoms with Crippen molar-refractivity contribution in [3.63, 3.8) is 0 Å². The highest BCUT2D eigenvalue weighted by Crippen LogP contribution is 2.39. The summed E-state index contributed by atoms with van der Waals surface area (Å²) in [6.45, 7) is 2.55. The van der Waals surface area contributed by atoms with Gasteiger partial charge in [-0.1, -0.05) is 31.2 Å². The van der Waals surface area contributed by atoms with Crippen LogP contribution < -0.4 is 10.6 Å². The van der Waals surface area contributed by atoms with Crippen molar-refractivity contribution in [3.8, 4) is 5.69 Å². The van der Waals surface area contributed by atoms with Gasteiger partial charge in [-0.3, -0.25) is 14.8 Å². The number of nitrogens with zero attached hydrogens (tertiary/aromatic N) is 4. The first-order valence-electron chi connectivity index (χ1n) is 12.1. The van der Waals surface area contributed by atoms with Crippen molar-refractivity contribution < 1.29 is 4.79 Å². The highest BCUT2D eigenvalue weighted by Gasteiger charge is 2.41. The maximum Gasteiger partial charge on any atom is 0.226 e. The number of pyridine rings is 2. The number of carbonyl (C=O) groups excluding carboxylic acids is 1. The zero-order valence-electron chi connectivity index (χ0n) is 20.0. The molecule has 0 bridgehead atoms. The summed E-state index contributed by atoms with van der Waals surface area (Å²) < 4.78 is 2.12. The number of hydrogen-bond donors (Lipinski definition) is 2. The van der Waals surface area contributed by atoms with Gasteiger partial charge in [0.2, 0.25) is 5.91 Å². The molecule has 4 aromatic rings. The van der Waals surface area contributed by atoms with E-state index in [2.05, 4.69) is 43.1 Å². The second-order valence-electron chi connectivity index (χ2n) is 8.64. The third kappa shape index (κ3) is 4.85. The Bertz CT molecular complexity index is 1340. The van der Waals surface area contributed by atoms with Crippen LogP contribution in [0.5, 0.6) is 0 Å². The number of aryl methyl sites for hydroxylation is 1. The topological polar surface area (TPSA) is 75.1 Å². The van der Waals surface area contributed by atoms with Gasteiger partial charge in [-0.25, -0.2) is 0 Å². The van der Waals surface area contributed by atoms with Gasteiger partial charge in [0.05, 0.1) is 29.7 Å². The number of rotatable bonds is 8. The minimum atomic E-state index is -0.159. The number of hydrogen-bond acceptors (Lipinski definition) is 4. The highest BCUT2D eigenvalue weighted by molar-refractivity contribution is 7.80. The Balaban J connectivity index is 1.43. The minimum absolute atomic E-state index is 0.0404. The van der Waals surface area contributed by atoms with Crippen LogP contribution in [0.25, 0.3) is 5.69 Å². The van der Waals surface area contributed by atoms with E-state index in [9.17, 15) is 4.79 Å². The lowest BCUT2D eigenvalue weighted by Gasteiger charge is -2.28. The molecule has 1 fully saturated rings. The molecule has 0 radical (unpaired) electrons. The molecule has 1 aliphatic heterocycles. The average molecular weight is 497 g/mol. The van der Waals surface area contributed by atoms with E-state index in [1.54, 1.807) is 12.4 Å². The maximum atomic E-state index is 12.9. The van der Waals surface area contributed by atoms with Crippen LogP contribution in [0.1, 0.15) is 42.4 Å². The number of nitrogens with one attached hydrogen (secondary N) is 2. The standard InChI is InChI=1S/C28H28N6OS/c1-2-20-9-3-4-11-22(20)31-25(35)14-18-34-27(26(32-28(34)36)23-12-5-6-16-30-23)24-13-8-17-33(24)21-10-7-15-29-19-21/h3-13,15-17,19,26-27H,2,14,18H2,1H3,(H,31,35)(H,32,36)/t26-,27+/m0/s1. The molecule has 0 saturated carbocycles. The maximum absolute atomic E-state index is 12.9. The first-order valence-corrected chi connectivity index (χ1v) is 12.5. The lowest BCUT2D eigenvalue weighted by atomic mass is 10.0. The van der Waals surface area contributed by atoms with Crippen LogP contribution in [0.4, 0.5) is 5.69 Å². The van der Waals surface area contributed by atoms with Crippen LogP contribution in [0.15, 0.2) is 91.5 Å². The number of anilines is 1. The van der Waals surface area contributed by atoms with Crippen molar-refractivity contribution in [1.82, 2.24) is 24.8 Å². The summed E-state index contributed by atoms with van der Waals surface area (Å²) in [5.74, 6) is -0.0404. The van der Waals surface area contributed by atoms with Crippen LogP contribution in [0.2, 0.25) is 0 Å². The van der Waals surface area contributed by atoms with Crippen molar-refractivity contribution >= 4 is 28.9 Å². The van der Waals surface area contributed by atoms with Crippen LogP contribution in [-0.2, 0) is 11.2 Å². The molecular formula is C28H28N6OS. The van der Waals surface area contributed by atoms with Crippen molar-refractivity contribution in [2.45, 2.75) is 31.8 Å². The Kier molecular flexibility index (Phi) is 7.04. The summed E-state index contributed by atoms with van der Waals surface area (Å²) >= 11 is 5.78. The van der Waals surface area contributed by atoms with Crippen molar-refractivity contribution in [1.29, 1.82) is 0 Å². The Hall–Kier alpha value is -4.04. The fraction of sp³-hybridized carbons (Fsp3) is 0.214. The number of aromatic nitrogens is 3. The lowest BCUT2D eigenvalue weighted by Crippen LogP contribution is -2.33. The van der Waals surface area contributed by atoms with Gasteiger partial charge in [0.25, 0.3) is 0 Å². The molecule has 1 aromatic carbocycles. The summed E-state index contributed by atoms with van der Waals surface area (Å²) in [6.07, 6.45) is 8.57. The summed E-state index contributed by atoms with van der Waals surface area (Å²) in [6, 6.07) is 21.5. The SMILES string of the molecule is CCc1ccccc1NC(=O)CCN1C(=S)N[C@@H](c2ccccn2)[C@H]1c1cccn1-c1cccnc1. The molecule has 3 aromatic heterocycles. The van der Waals surface area contributed by atoms with E-state index in [0.29, 0.717) is 18.1 Å². The summed E-state index contributed by atoms with van der Waals surface area (Å²) in [7, 11) is 0. The predicted molar refractivity (Wildman–Crippen MR) is 145 cm³/mol. The van der Waals surface area contributed by atoms with Crippen molar-refractivity contribution in [3.05, 3.63) is 108 Å². The molecule has 0 aliphatic carbocycles. The third-order valence-electron chi connectivity index (χ3n) is 6.46. The smallest absolute Gasteiger partial charge is 0.226 e. The summed E-state index contributed by atoms with van der Waals surface area (Å²) in [4.78, 5) is 24.0. The third-order valence-corrected chi connectivity index (χ3v) is 6.81. The van der Waals surface area contributed by atoms with E-state index in [1.165, 1.54) is 0 Å². The van der Waals surface area contributed by atoms with E-state index < -0.39 is 0 Å². The second kappa shape index (κ2) is 10.7.